The Kier molecular flexibility index (Phi) is 5.28. The number of carbonyl (C=O) groups is 2. The van der Waals surface area contributed by atoms with Crippen LogP contribution in [0.4, 0.5) is 14.5 Å². The van der Waals surface area contributed by atoms with Gasteiger partial charge in [-0.25, -0.2) is 8.78 Å². The van der Waals surface area contributed by atoms with Crippen LogP contribution in [0.15, 0.2) is 48.5 Å². The van der Waals surface area contributed by atoms with Crippen LogP contribution in [0, 0.1) is 24.5 Å². The van der Waals surface area contributed by atoms with Crippen LogP contribution in [0.3, 0.4) is 0 Å². The number of rotatable bonds is 6. The number of amides is 1. The Morgan fingerprint density at radius 2 is 1.86 bits per heavy atom. The lowest BCUT2D eigenvalue weighted by molar-refractivity contribution is 0.0974. The van der Waals surface area contributed by atoms with Crippen LogP contribution in [0.5, 0.6) is 0 Å². The molecule has 1 aliphatic rings. The summed E-state index contributed by atoms with van der Waals surface area (Å²) < 4.78 is 27.4. The summed E-state index contributed by atoms with van der Waals surface area (Å²) in [6, 6.07) is 11.7. The molecule has 1 N–H and O–H groups in total. The molecule has 0 saturated heterocycles. The highest BCUT2D eigenvalue weighted by atomic mass is 32.1. The molecule has 0 atom stereocenters. The van der Waals surface area contributed by atoms with Gasteiger partial charge in [-0.2, -0.15) is 0 Å². The molecule has 1 aliphatic carbocycles. The monoisotopic (exact) mass is 411 g/mol. The second kappa shape index (κ2) is 7.87. The third-order valence-corrected chi connectivity index (χ3v) is 6.12. The summed E-state index contributed by atoms with van der Waals surface area (Å²) in [6.07, 6.45) is 2.76. The van der Waals surface area contributed by atoms with E-state index >= 15 is 0 Å². The number of halogens is 2. The minimum atomic E-state index is -0.544. The van der Waals surface area contributed by atoms with Crippen molar-refractivity contribution in [2.24, 2.45) is 5.92 Å². The maximum Gasteiger partial charge on any atom is 0.265 e. The molecule has 1 aromatic heterocycles. The van der Waals surface area contributed by atoms with Crippen molar-refractivity contribution in [2.75, 3.05) is 5.32 Å². The molecule has 3 nitrogen and oxygen atoms in total. The number of aryl methyl sites for hydroxylation is 1. The maximum absolute atomic E-state index is 14.0. The van der Waals surface area contributed by atoms with Gasteiger partial charge < -0.3 is 5.32 Å². The second-order valence-electron chi connectivity index (χ2n) is 7.34. The van der Waals surface area contributed by atoms with Gasteiger partial charge in [-0.3, -0.25) is 9.59 Å². The zero-order valence-electron chi connectivity index (χ0n) is 15.8. The predicted octanol–water partition coefficient (Wildman–Crippen LogP) is 6.24. The second-order valence-corrected chi connectivity index (χ2v) is 8.43. The van der Waals surface area contributed by atoms with E-state index in [1.165, 1.54) is 0 Å². The first-order valence-electron chi connectivity index (χ1n) is 9.41. The van der Waals surface area contributed by atoms with E-state index in [1.807, 2.05) is 13.0 Å². The minimum absolute atomic E-state index is 0.0861. The molecule has 3 aromatic rings. The van der Waals surface area contributed by atoms with Crippen LogP contribution < -0.4 is 5.32 Å². The molecule has 4 rings (SSSR count). The molecule has 1 heterocycles. The van der Waals surface area contributed by atoms with E-state index in [0.29, 0.717) is 33.3 Å². The molecular formula is C23H19F2NO2S. The first-order valence-corrected chi connectivity index (χ1v) is 10.2. The van der Waals surface area contributed by atoms with E-state index in [0.717, 1.165) is 47.9 Å². The van der Waals surface area contributed by atoms with E-state index in [1.54, 1.807) is 24.3 Å². The standard InChI is InChI=1S/C23H19F2NO2S/c1-13-2-5-15(20(27)10-14-3-4-14)11-19(13)26-23(28)22-9-8-21(29-22)17-12-16(24)6-7-18(17)25/h2,5-9,11-12,14H,3-4,10H2,1H3,(H,26,28). The molecule has 1 saturated carbocycles. The van der Waals surface area contributed by atoms with E-state index in [9.17, 15) is 18.4 Å². The number of nitrogens with one attached hydrogen (secondary N) is 1. The van der Waals surface area contributed by atoms with Gasteiger partial charge in [0.1, 0.15) is 11.6 Å². The lowest BCUT2D eigenvalue weighted by Crippen LogP contribution is -2.12. The average molecular weight is 411 g/mol. The number of Topliss-reactive ketones (excluding diaryl/α,β-unsaturated/α-hetero) is 1. The van der Waals surface area contributed by atoms with Crippen LogP contribution in [0.25, 0.3) is 10.4 Å². The Morgan fingerprint density at radius 1 is 1.07 bits per heavy atom. The zero-order chi connectivity index (χ0) is 20.5. The summed E-state index contributed by atoms with van der Waals surface area (Å²) in [6.45, 7) is 1.85. The summed E-state index contributed by atoms with van der Waals surface area (Å²) in [5.41, 5.74) is 2.13. The Hall–Kier alpha value is -2.86. The van der Waals surface area contributed by atoms with Gasteiger partial charge in [-0.05, 0) is 67.6 Å². The third kappa shape index (κ3) is 4.43. The Morgan fingerprint density at radius 3 is 2.62 bits per heavy atom. The largest absolute Gasteiger partial charge is 0.321 e. The van der Waals surface area contributed by atoms with E-state index in [2.05, 4.69) is 5.32 Å². The number of carbonyl (C=O) groups excluding carboxylic acids is 2. The first-order chi connectivity index (χ1) is 13.9. The van der Waals surface area contributed by atoms with Crippen molar-refractivity contribution >= 4 is 28.7 Å². The molecule has 1 amide bonds. The summed E-state index contributed by atoms with van der Waals surface area (Å²) >= 11 is 1.08. The fourth-order valence-electron chi connectivity index (χ4n) is 3.11. The van der Waals surface area contributed by atoms with Crippen LogP contribution in [0.2, 0.25) is 0 Å². The topological polar surface area (TPSA) is 46.2 Å². The summed E-state index contributed by atoms with van der Waals surface area (Å²) in [7, 11) is 0. The lowest BCUT2D eigenvalue weighted by Gasteiger charge is -2.10. The zero-order valence-corrected chi connectivity index (χ0v) is 16.6. The van der Waals surface area contributed by atoms with Crippen LogP contribution in [-0.2, 0) is 0 Å². The van der Waals surface area contributed by atoms with E-state index in [-0.39, 0.29) is 17.3 Å². The summed E-state index contributed by atoms with van der Waals surface area (Å²) in [5.74, 6) is -0.854. The molecule has 0 aliphatic heterocycles. The lowest BCUT2D eigenvalue weighted by atomic mass is 10.0. The van der Waals surface area contributed by atoms with E-state index in [4.69, 9.17) is 0 Å². The molecule has 1 fully saturated rings. The predicted molar refractivity (Wildman–Crippen MR) is 110 cm³/mol. The third-order valence-electron chi connectivity index (χ3n) is 5.00. The van der Waals surface area contributed by atoms with Crippen molar-refractivity contribution < 1.29 is 18.4 Å². The molecule has 0 unspecified atom stereocenters. The van der Waals surface area contributed by atoms with Crippen LogP contribution in [0.1, 0.15) is 44.9 Å². The first kappa shape index (κ1) is 19.5. The van der Waals surface area contributed by atoms with E-state index < -0.39 is 11.6 Å². The highest BCUT2D eigenvalue weighted by Crippen LogP contribution is 2.34. The van der Waals surface area contributed by atoms with Crippen molar-refractivity contribution in [3.63, 3.8) is 0 Å². The van der Waals surface area contributed by atoms with Gasteiger partial charge in [0, 0.05) is 28.1 Å². The van der Waals surface area contributed by atoms with Gasteiger partial charge in [-0.1, -0.05) is 12.1 Å². The molecule has 29 heavy (non-hydrogen) atoms. The van der Waals surface area contributed by atoms with Crippen molar-refractivity contribution in [3.05, 3.63) is 76.2 Å². The smallest absolute Gasteiger partial charge is 0.265 e. The highest BCUT2D eigenvalue weighted by molar-refractivity contribution is 7.17. The normalized spacial score (nSPS) is 13.3. The van der Waals surface area contributed by atoms with Crippen molar-refractivity contribution in [3.8, 4) is 10.4 Å². The Balaban J connectivity index is 1.53. The van der Waals surface area contributed by atoms with Gasteiger partial charge >= 0.3 is 0 Å². The fourth-order valence-corrected chi connectivity index (χ4v) is 4.03. The van der Waals surface area contributed by atoms with Gasteiger partial charge in [0.05, 0.1) is 4.88 Å². The molecule has 6 heteroatoms. The Bertz CT molecular complexity index is 1100. The minimum Gasteiger partial charge on any atom is -0.321 e. The van der Waals surface area contributed by atoms with Crippen molar-refractivity contribution in [1.29, 1.82) is 0 Å². The van der Waals surface area contributed by atoms with Gasteiger partial charge in [0.25, 0.3) is 5.91 Å². The quantitative estimate of drug-likeness (QED) is 0.488. The maximum atomic E-state index is 14.0. The fraction of sp³-hybridized carbons (Fsp3) is 0.217. The summed E-state index contributed by atoms with van der Waals surface area (Å²) in [4.78, 5) is 25.9. The SMILES string of the molecule is Cc1ccc(C(=O)CC2CC2)cc1NC(=O)c1ccc(-c2cc(F)ccc2F)s1. The van der Waals surface area contributed by atoms with Crippen molar-refractivity contribution in [1.82, 2.24) is 0 Å². The molecular weight excluding hydrogens is 392 g/mol. The van der Waals surface area contributed by atoms with Gasteiger partial charge in [0.15, 0.2) is 5.78 Å². The number of thiophene rings is 1. The number of benzene rings is 2. The number of hydrogen-bond donors (Lipinski definition) is 1. The molecule has 0 spiro atoms. The summed E-state index contributed by atoms with van der Waals surface area (Å²) in [5, 5.41) is 2.83. The number of hydrogen-bond acceptors (Lipinski definition) is 3. The number of ketones is 1. The van der Waals surface area contributed by atoms with Gasteiger partial charge in [-0.15, -0.1) is 11.3 Å². The number of anilines is 1. The molecule has 2 aromatic carbocycles. The molecule has 148 valence electrons. The Labute approximate surface area is 171 Å². The van der Waals surface area contributed by atoms with Crippen LogP contribution in [-0.4, -0.2) is 11.7 Å². The molecule has 0 radical (unpaired) electrons. The van der Waals surface area contributed by atoms with Crippen molar-refractivity contribution in [2.45, 2.75) is 26.2 Å². The average Bonchev–Trinajstić information content (AvgIpc) is 3.37. The van der Waals surface area contributed by atoms with Gasteiger partial charge in [0.2, 0.25) is 0 Å². The van der Waals surface area contributed by atoms with Crippen LogP contribution >= 0.6 is 11.3 Å². The molecule has 0 bridgehead atoms. The highest BCUT2D eigenvalue weighted by Gasteiger charge is 2.25.